The molecule has 5 nitrogen and oxygen atoms in total. The van der Waals surface area contributed by atoms with Crippen LogP contribution in [-0.4, -0.2) is 17.8 Å². The largest absolute Gasteiger partial charge is 0.335 e. The number of nitrogens with zero attached hydrogens (tertiary/aromatic N) is 1. The number of amides is 4. The van der Waals surface area contributed by atoms with E-state index in [9.17, 15) is 27.6 Å². The van der Waals surface area contributed by atoms with E-state index in [4.69, 9.17) is 0 Å². The fraction of sp³-hybridized carbons (Fsp3) is 0.308. The second kappa shape index (κ2) is 4.31. The highest BCUT2D eigenvalue weighted by atomic mass is 19.2. The molecule has 1 aliphatic carbocycles. The molecule has 0 bridgehead atoms. The summed E-state index contributed by atoms with van der Waals surface area (Å²) >= 11 is 0. The molecule has 3 rings (SSSR count). The van der Waals surface area contributed by atoms with Gasteiger partial charge < -0.3 is 0 Å². The van der Waals surface area contributed by atoms with Gasteiger partial charge in [-0.1, -0.05) is 6.42 Å². The van der Waals surface area contributed by atoms with Crippen LogP contribution >= 0.6 is 0 Å². The molecule has 1 aliphatic heterocycles. The number of halogens is 3. The first kappa shape index (κ1) is 13.6. The average Bonchev–Trinajstić information content (AvgIpc) is 2.33. The maximum atomic E-state index is 13.3. The summed E-state index contributed by atoms with van der Waals surface area (Å²) in [5.74, 6) is -6.29. The van der Waals surface area contributed by atoms with E-state index in [0.29, 0.717) is 23.5 Å². The van der Waals surface area contributed by atoms with Gasteiger partial charge in [0.1, 0.15) is 5.41 Å². The number of nitrogens with one attached hydrogen (secondary N) is 1. The van der Waals surface area contributed by atoms with Gasteiger partial charge in [-0.15, -0.1) is 0 Å². The number of carbonyl (C=O) groups excluding carboxylic acids is 3. The second-order valence-corrected chi connectivity index (χ2v) is 5.06. The normalized spacial score (nSPS) is 20.5. The fourth-order valence-corrected chi connectivity index (χ4v) is 2.55. The van der Waals surface area contributed by atoms with Crippen molar-refractivity contribution in [1.82, 2.24) is 5.32 Å². The SMILES string of the molecule is O=C1NC(=O)C2(CCC2)C(=O)N1c1cc(F)c(F)c(F)c1. The molecule has 0 unspecified atom stereocenters. The Hall–Kier alpha value is -2.38. The molecule has 2 fully saturated rings. The van der Waals surface area contributed by atoms with Crippen LogP contribution in [0.5, 0.6) is 0 Å². The molecule has 1 aromatic carbocycles. The zero-order chi connectivity index (χ0) is 15.4. The van der Waals surface area contributed by atoms with Gasteiger partial charge in [-0.25, -0.2) is 22.9 Å². The van der Waals surface area contributed by atoms with Crippen molar-refractivity contribution < 1.29 is 27.6 Å². The van der Waals surface area contributed by atoms with Crippen LogP contribution in [0.4, 0.5) is 23.7 Å². The molecule has 1 N–H and O–H groups in total. The van der Waals surface area contributed by atoms with Gasteiger partial charge in [-0.2, -0.15) is 0 Å². The first-order valence-corrected chi connectivity index (χ1v) is 6.21. The van der Waals surface area contributed by atoms with Gasteiger partial charge in [-0.3, -0.25) is 14.9 Å². The predicted molar refractivity (Wildman–Crippen MR) is 63.6 cm³/mol. The Kier molecular flexibility index (Phi) is 2.79. The molecular formula is C13H9F3N2O3. The molecule has 8 heteroatoms. The molecule has 110 valence electrons. The molecule has 0 radical (unpaired) electrons. The molecule has 1 spiro atoms. The lowest BCUT2D eigenvalue weighted by molar-refractivity contribution is -0.148. The summed E-state index contributed by atoms with van der Waals surface area (Å²) in [7, 11) is 0. The van der Waals surface area contributed by atoms with Crippen LogP contribution in [0.3, 0.4) is 0 Å². The number of anilines is 1. The van der Waals surface area contributed by atoms with Crippen LogP contribution in [0.15, 0.2) is 12.1 Å². The summed E-state index contributed by atoms with van der Waals surface area (Å²) in [6.45, 7) is 0. The number of rotatable bonds is 1. The maximum Gasteiger partial charge on any atom is 0.335 e. The summed E-state index contributed by atoms with van der Waals surface area (Å²) in [5.41, 5.74) is -1.82. The topological polar surface area (TPSA) is 66.5 Å². The lowest BCUT2D eigenvalue weighted by atomic mass is 9.66. The molecule has 2 aliphatic rings. The maximum absolute atomic E-state index is 13.3. The van der Waals surface area contributed by atoms with Crippen molar-refractivity contribution in [3.8, 4) is 0 Å². The van der Waals surface area contributed by atoms with E-state index in [1.807, 2.05) is 5.32 Å². The molecule has 0 aromatic heterocycles. The number of hydrogen-bond donors (Lipinski definition) is 1. The number of barbiturate groups is 1. The second-order valence-electron chi connectivity index (χ2n) is 5.06. The van der Waals surface area contributed by atoms with Gasteiger partial charge >= 0.3 is 6.03 Å². The molecule has 1 aromatic rings. The van der Waals surface area contributed by atoms with Gasteiger partial charge in [-0.05, 0) is 12.8 Å². The molecule has 1 saturated carbocycles. The average molecular weight is 298 g/mol. The van der Waals surface area contributed by atoms with E-state index in [0.717, 1.165) is 0 Å². The quantitative estimate of drug-likeness (QED) is 0.635. The Morgan fingerprint density at radius 2 is 1.62 bits per heavy atom. The van der Waals surface area contributed by atoms with E-state index in [2.05, 4.69) is 0 Å². The standard InChI is InChI=1S/C13H9F3N2O3/c14-7-4-6(5-8(15)9(7)16)18-11(20)13(2-1-3-13)10(19)17-12(18)21/h4-5H,1-3H2,(H,17,19,21). The highest BCUT2D eigenvalue weighted by molar-refractivity contribution is 6.30. The summed E-state index contributed by atoms with van der Waals surface area (Å²) < 4.78 is 39.5. The Labute approximate surface area is 116 Å². The van der Waals surface area contributed by atoms with Crippen LogP contribution in [0.25, 0.3) is 0 Å². The number of urea groups is 1. The smallest absolute Gasteiger partial charge is 0.276 e. The number of benzene rings is 1. The fourth-order valence-electron chi connectivity index (χ4n) is 2.55. The zero-order valence-corrected chi connectivity index (χ0v) is 10.6. The molecule has 0 atom stereocenters. The minimum Gasteiger partial charge on any atom is -0.276 e. The highest BCUT2D eigenvalue weighted by Gasteiger charge is 2.57. The van der Waals surface area contributed by atoms with Crippen molar-refractivity contribution in [2.45, 2.75) is 19.3 Å². The third-order valence-electron chi connectivity index (χ3n) is 3.90. The number of hydrogen-bond acceptors (Lipinski definition) is 3. The van der Waals surface area contributed by atoms with E-state index in [1.54, 1.807) is 0 Å². The Balaban J connectivity index is 2.07. The molecule has 1 saturated heterocycles. The van der Waals surface area contributed by atoms with Gasteiger partial charge in [0.2, 0.25) is 5.91 Å². The lowest BCUT2D eigenvalue weighted by Crippen LogP contribution is -2.66. The van der Waals surface area contributed by atoms with E-state index < -0.39 is 46.4 Å². The van der Waals surface area contributed by atoms with Crippen molar-refractivity contribution in [2.24, 2.45) is 5.41 Å². The Morgan fingerprint density at radius 3 is 2.10 bits per heavy atom. The van der Waals surface area contributed by atoms with Crippen molar-refractivity contribution in [1.29, 1.82) is 0 Å². The summed E-state index contributed by atoms with van der Waals surface area (Å²) in [4.78, 5) is 36.4. The number of imide groups is 2. The van der Waals surface area contributed by atoms with E-state index in [1.165, 1.54) is 0 Å². The van der Waals surface area contributed by atoms with E-state index in [-0.39, 0.29) is 12.8 Å². The number of carbonyl (C=O) groups is 3. The highest BCUT2D eigenvalue weighted by Crippen LogP contribution is 2.45. The van der Waals surface area contributed by atoms with Crippen molar-refractivity contribution in [3.05, 3.63) is 29.6 Å². The first-order chi connectivity index (χ1) is 9.86. The van der Waals surface area contributed by atoms with Crippen LogP contribution in [-0.2, 0) is 9.59 Å². The summed E-state index contributed by atoms with van der Waals surface area (Å²) in [6, 6.07) is -0.0243. The van der Waals surface area contributed by atoms with Crippen LogP contribution in [0.2, 0.25) is 0 Å². The summed E-state index contributed by atoms with van der Waals surface area (Å²) in [5, 5.41) is 1.99. The zero-order valence-electron chi connectivity index (χ0n) is 10.6. The lowest BCUT2D eigenvalue weighted by Gasteiger charge is -2.44. The first-order valence-electron chi connectivity index (χ1n) is 6.21. The van der Waals surface area contributed by atoms with Crippen molar-refractivity contribution in [3.63, 3.8) is 0 Å². The van der Waals surface area contributed by atoms with Crippen LogP contribution < -0.4 is 10.2 Å². The predicted octanol–water partition coefficient (Wildman–Crippen LogP) is 1.86. The molecule has 21 heavy (non-hydrogen) atoms. The Morgan fingerprint density at radius 1 is 1.05 bits per heavy atom. The van der Waals surface area contributed by atoms with Crippen molar-refractivity contribution >= 4 is 23.5 Å². The molecule has 1 heterocycles. The van der Waals surface area contributed by atoms with Crippen LogP contribution in [0.1, 0.15) is 19.3 Å². The minimum absolute atomic E-state index is 0.258. The molecule has 4 amide bonds. The van der Waals surface area contributed by atoms with Crippen LogP contribution in [0, 0.1) is 22.9 Å². The summed E-state index contributed by atoms with van der Waals surface area (Å²) in [6.07, 6.45) is 1.15. The van der Waals surface area contributed by atoms with Gasteiger partial charge in [0.15, 0.2) is 17.5 Å². The monoisotopic (exact) mass is 298 g/mol. The Bertz CT molecular complexity index is 662. The third-order valence-corrected chi connectivity index (χ3v) is 3.90. The van der Waals surface area contributed by atoms with Gasteiger partial charge in [0.25, 0.3) is 5.91 Å². The van der Waals surface area contributed by atoms with Gasteiger partial charge in [0.05, 0.1) is 5.69 Å². The van der Waals surface area contributed by atoms with Gasteiger partial charge in [0, 0.05) is 12.1 Å². The minimum atomic E-state index is -1.70. The molecular weight excluding hydrogens is 289 g/mol. The third kappa shape index (κ3) is 1.75. The van der Waals surface area contributed by atoms with E-state index >= 15 is 0 Å². The van der Waals surface area contributed by atoms with Crippen molar-refractivity contribution in [2.75, 3.05) is 4.90 Å².